The number of para-hydroxylation sites is 2. The number of H-pyrrole nitrogens is 1. The fraction of sp³-hybridized carbons (Fsp3) is 0.556. The molecule has 1 aliphatic heterocycles. The Bertz CT molecular complexity index is 782. The Morgan fingerprint density at radius 3 is 2.62 bits per heavy atom. The first-order valence-corrected chi connectivity index (χ1v) is 8.94. The van der Waals surface area contributed by atoms with E-state index >= 15 is 0 Å². The third-order valence-electron chi connectivity index (χ3n) is 5.51. The molecule has 2 heterocycles. The van der Waals surface area contributed by atoms with Crippen LogP contribution in [0.4, 0.5) is 4.79 Å². The van der Waals surface area contributed by atoms with Crippen LogP contribution in [0.15, 0.2) is 29.1 Å². The maximum absolute atomic E-state index is 12.3. The topological polar surface area (TPSA) is 70.1 Å². The first-order valence-electron chi connectivity index (χ1n) is 8.94. The standard InChI is InChI=1S/C18H24N4O2/c23-17(19-12-13-4-3-5-13)21-10-8-14(9-11-21)22-16-7-2-1-6-15(16)20-18(22)24/h1-2,6-7,13-14H,3-5,8-12H2,(H,19,23)(H,20,24). The molecule has 1 saturated carbocycles. The van der Waals surface area contributed by atoms with Gasteiger partial charge in [0.25, 0.3) is 0 Å². The van der Waals surface area contributed by atoms with Gasteiger partial charge in [-0.1, -0.05) is 18.6 Å². The first-order chi connectivity index (χ1) is 11.7. The second-order valence-electron chi connectivity index (χ2n) is 7.02. The third-order valence-corrected chi connectivity index (χ3v) is 5.51. The molecule has 1 aromatic heterocycles. The monoisotopic (exact) mass is 328 g/mol. The molecule has 2 N–H and O–H groups in total. The Kier molecular flexibility index (Phi) is 4.04. The number of fused-ring (bicyclic) bond motifs is 1. The van der Waals surface area contributed by atoms with E-state index in [0.29, 0.717) is 19.0 Å². The fourth-order valence-corrected chi connectivity index (χ4v) is 3.80. The van der Waals surface area contributed by atoms with Crippen LogP contribution < -0.4 is 11.0 Å². The summed E-state index contributed by atoms with van der Waals surface area (Å²) in [5.74, 6) is 0.677. The second-order valence-corrected chi connectivity index (χ2v) is 7.02. The summed E-state index contributed by atoms with van der Waals surface area (Å²) < 4.78 is 1.86. The zero-order valence-electron chi connectivity index (χ0n) is 13.8. The minimum atomic E-state index is -0.0518. The van der Waals surface area contributed by atoms with Crippen LogP contribution in [0.25, 0.3) is 11.0 Å². The lowest BCUT2D eigenvalue weighted by atomic mass is 9.85. The van der Waals surface area contributed by atoms with Gasteiger partial charge in [-0.3, -0.25) is 4.57 Å². The summed E-state index contributed by atoms with van der Waals surface area (Å²) in [6.07, 6.45) is 5.42. The number of likely N-dealkylation sites (tertiary alicyclic amines) is 1. The Morgan fingerprint density at radius 2 is 1.92 bits per heavy atom. The Hall–Kier alpha value is -2.24. The maximum atomic E-state index is 12.3. The number of carbonyl (C=O) groups excluding carboxylic acids is 1. The van der Waals surface area contributed by atoms with Crippen molar-refractivity contribution in [2.24, 2.45) is 5.92 Å². The average molecular weight is 328 g/mol. The van der Waals surface area contributed by atoms with Gasteiger partial charge in [0.2, 0.25) is 0 Å². The summed E-state index contributed by atoms with van der Waals surface area (Å²) in [6.45, 7) is 2.21. The highest BCUT2D eigenvalue weighted by atomic mass is 16.2. The van der Waals surface area contributed by atoms with Gasteiger partial charge in [-0.2, -0.15) is 0 Å². The van der Waals surface area contributed by atoms with Gasteiger partial charge in [-0.05, 0) is 43.7 Å². The lowest BCUT2D eigenvalue weighted by Crippen LogP contribution is -2.47. The summed E-state index contributed by atoms with van der Waals surface area (Å²) in [7, 11) is 0. The number of carbonyl (C=O) groups is 1. The van der Waals surface area contributed by atoms with Gasteiger partial charge >= 0.3 is 11.7 Å². The maximum Gasteiger partial charge on any atom is 0.326 e. The lowest BCUT2D eigenvalue weighted by Gasteiger charge is -2.33. The van der Waals surface area contributed by atoms with Crippen LogP contribution in [-0.2, 0) is 0 Å². The number of amides is 2. The third kappa shape index (κ3) is 2.81. The summed E-state index contributed by atoms with van der Waals surface area (Å²) in [4.78, 5) is 29.3. The molecule has 0 bridgehead atoms. The highest BCUT2D eigenvalue weighted by Gasteiger charge is 2.26. The van der Waals surface area contributed by atoms with Crippen molar-refractivity contribution >= 4 is 17.1 Å². The van der Waals surface area contributed by atoms with Gasteiger partial charge in [-0.25, -0.2) is 9.59 Å². The molecule has 1 saturated heterocycles. The van der Waals surface area contributed by atoms with Gasteiger partial charge in [0.1, 0.15) is 0 Å². The van der Waals surface area contributed by atoms with Crippen LogP contribution in [0, 0.1) is 5.92 Å². The molecule has 128 valence electrons. The van der Waals surface area contributed by atoms with Crippen LogP contribution in [0.1, 0.15) is 38.1 Å². The van der Waals surface area contributed by atoms with E-state index in [1.54, 1.807) is 0 Å². The zero-order valence-corrected chi connectivity index (χ0v) is 13.8. The number of nitrogens with one attached hydrogen (secondary N) is 2. The van der Waals surface area contributed by atoms with Gasteiger partial charge in [-0.15, -0.1) is 0 Å². The van der Waals surface area contributed by atoms with Crippen molar-refractivity contribution < 1.29 is 4.79 Å². The molecule has 24 heavy (non-hydrogen) atoms. The number of rotatable bonds is 3. The number of benzene rings is 1. The van der Waals surface area contributed by atoms with Crippen molar-refractivity contribution in [3.63, 3.8) is 0 Å². The molecule has 0 unspecified atom stereocenters. The lowest BCUT2D eigenvalue weighted by molar-refractivity contribution is 0.167. The van der Waals surface area contributed by atoms with Gasteiger partial charge in [0.05, 0.1) is 11.0 Å². The molecule has 2 aliphatic rings. The van der Waals surface area contributed by atoms with E-state index in [-0.39, 0.29) is 17.8 Å². The smallest absolute Gasteiger partial charge is 0.326 e. The molecule has 2 aromatic rings. The van der Waals surface area contributed by atoms with Crippen molar-refractivity contribution in [1.82, 2.24) is 19.8 Å². The number of imidazole rings is 1. The molecule has 6 heteroatoms. The largest absolute Gasteiger partial charge is 0.338 e. The quantitative estimate of drug-likeness (QED) is 0.909. The molecule has 2 fully saturated rings. The molecular formula is C18H24N4O2. The van der Waals surface area contributed by atoms with Gasteiger partial charge < -0.3 is 15.2 Å². The number of aromatic nitrogens is 2. The van der Waals surface area contributed by atoms with Crippen LogP contribution >= 0.6 is 0 Å². The van der Waals surface area contributed by atoms with Gasteiger partial charge in [0, 0.05) is 25.7 Å². The number of piperidine rings is 1. The fourth-order valence-electron chi connectivity index (χ4n) is 3.80. The van der Waals surface area contributed by atoms with Crippen molar-refractivity contribution in [2.45, 2.75) is 38.1 Å². The molecule has 2 amide bonds. The van der Waals surface area contributed by atoms with E-state index in [2.05, 4.69) is 10.3 Å². The van der Waals surface area contributed by atoms with E-state index in [1.165, 1.54) is 19.3 Å². The summed E-state index contributed by atoms with van der Waals surface area (Å²) in [5, 5.41) is 3.06. The van der Waals surface area contributed by atoms with Crippen molar-refractivity contribution in [3.05, 3.63) is 34.7 Å². The van der Waals surface area contributed by atoms with Crippen molar-refractivity contribution in [2.75, 3.05) is 19.6 Å². The van der Waals surface area contributed by atoms with E-state index in [0.717, 1.165) is 30.4 Å². The highest BCUT2D eigenvalue weighted by Crippen LogP contribution is 2.26. The number of nitrogens with zero attached hydrogens (tertiary/aromatic N) is 2. The van der Waals surface area contributed by atoms with E-state index in [4.69, 9.17) is 0 Å². The molecule has 6 nitrogen and oxygen atoms in total. The minimum absolute atomic E-state index is 0.0478. The SMILES string of the molecule is O=C(NCC1CCC1)N1CCC(n2c(=O)[nH]c3ccccc32)CC1. The normalized spacial score (nSPS) is 19.4. The van der Waals surface area contributed by atoms with E-state index in [1.807, 2.05) is 33.7 Å². The molecule has 4 rings (SSSR count). The zero-order chi connectivity index (χ0) is 16.5. The Labute approximate surface area is 140 Å². The summed E-state index contributed by atoms with van der Waals surface area (Å²) in [6, 6.07) is 7.99. The van der Waals surface area contributed by atoms with E-state index < -0.39 is 0 Å². The van der Waals surface area contributed by atoms with Crippen LogP contribution in [-0.4, -0.2) is 40.1 Å². The molecule has 0 radical (unpaired) electrons. The molecule has 1 aromatic carbocycles. The van der Waals surface area contributed by atoms with Gasteiger partial charge in [0.15, 0.2) is 0 Å². The predicted octanol–water partition coefficient (Wildman–Crippen LogP) is 2.48. The van der Waals surface area contributed by atoms with Crippen molar-refractivity contribution in [1.29, 1.82) is 0 Å². The number of hydrogen-bond donors (Lipinski definition) is 2. The molecule has 0 atom stereocenters. The summed E-state index contributed by atoms with van der Waals surface area (Å²) >= 11 is 0. The number of urea groups is 1. The number of aromatic amines is 1. The minimum Gasteiger partial charge on any atom is -0.338 e. The first kappa shape index (κ1) is 15.3. The summed E-state index contributed by atoms with van der Waals surface area (Å²) in [5.41, 5.74) is 1.78. The average Bonchev–Trinajstić information content (AvgIpc) is 2.89. The van der Waals surface area contributed by atoms with Crippen LogP contribution in [0.2, 0.25) is 0 Å². The number of hydrogen-bond acceptors (Lipinski definition) is 2. The molecule has 0 spiro atoms. The second kappa shape index (κ2) is 6.34. The van der Waals surface area contributed by atoms with Crippen LogP contribution in [0.3, 0.4) is 0 Å². The molecule has 1 aliphatic carbocycles. The predicted molar refractivity (Wildman–Crippen MR) is 93.1 cm³/mol. The highest BCUT2D eigenvalue weighted by molar-refractivity contribution is 5.75. The molecular weight excluding hydrogens is 304 g/mol. The van der Waals surface area contributed by atoms with Crippen molar-refractivity contribution in [3.8, 4) is 0 Å². The van der Waals surface area contributed by atoms with E-state index in [9.17, 15) is 9.59 Å². The Balaban J connectivity index is 1.39. The van der Waals surface area contributed by atoms with Crippen LogP contribution in [0.5, 0.6) is 0 Å². The Morgan fingerprint density at radius 1 is 1.17 bits per heavy atom.